The molecule has 0 saturated carbocycles. The monoisotopic (exact) mass is 223 g/mol. The minimum atomic E-state index is -0.918. The van der Waals surface area contributed by atoms with Crippen LogP contribution in [0.25, 0.3) is 10.6 Å². The average molecular weight is 223 g/mol. The van der Waals surface area contributed by atoms with Crippen LogP contribution in [-0.2, 0) is 6.42 Å². The van der Waals surface area contributed by atoms with E-state index in [1.54, 1.807) is 18.6 Å². The van der Waals surface area contributed by atoms with Crippen LogP contribution in [0.5, 0.6) is 0 Å². The van der Waals surface area contributed by atoms with Crippen LogP contribution in [0.2, 0.25) is 0 Å². The van der Waals surface area contributed by atoms with Crippen LogP contribution in [0.3, 0.4) is 0 Å². The molecule has 0 fully saturated rings. The van der Waals surface area contributed by atoms with Gasteiger partial charge in [0.25, 0.3) is 0 Å². The Morgan fingerprint density at radius 3 is 2.93 bits per heavy atom. The average Bonchev–Trinajstić information content (AvgIpc) is 2.86. The number of hydrogen-bond donors (Lipinski definition) is 1. The van der Waals surface area contributed by atoms with Crippen LogP contribution in [0, 0.1) is 0 Å². The first-order chi connectivity index (χ1) is 7.22. The zero-order valence-electron chi connectivity index (χ0n) is 8.06. The van der Waals surface area contributed by atoms with E-state index >= 15 is 0 Å². The standard InChI is InChI=1S/C10H9NO3S/c1-2-7-8(10(12)13)15-9(11-7)6-3-4-14-5-6/h3-5H,2H2,1H3,(H,12,13). The molecule has 2 aromatic rings. The third-order valence-electron chi connectivity index (χ3n) is 1.99. The molecule has 2 aromatic heterocycles. The maximum Gasteiger partial charge on any atom is 0.347 e. The van der Waals surface area contributed by atoms with E-state index in [0.29, 0.717) is 22.0 Å². The van der Waals surface area contributed by atoms with Crippen molar-refractivity contribution in [2.75, 3.05) is 0 Å². The van der Waals surface area contributed by atoms with Gasteiger partial charge in [0.05, 0.1) is 12.0 Å². The third kappa shape index (κ3) is 1.78. The lowest BCUT2D eigenvalue weighted by atomic mass is 10.3. The first-order valence-corrected chi connectivity index (χ1v) is 5.29. The summed E-state index contributed by atoms with van der Waals surface area (Å²) >= 11 is 1.18. The number of aryl methyl sites for hydroxylation is 1. The third-order valence-corrected chi connectivity index (χ3v) is 3.13. The van der Waals surface area contributed by atoms with Crippen molar-refractivity contribution in [3.05, 3.63) is 29.2 Å². The summed E-state index contributed by atoms with van der Waals surface area (Å²) in [6, 6.07) is 1.77. The van der Waals surface area contributed by atoms with E-state index in [2.05, 4.69) is 4.98 Å². The molecule has 0 aromatic carbocycles. The van der Waals surface area contributed by atoms with E-state index < -0.39 is 5.97 Å². The second-order valence-electron chi connectivity index (χ2n) is 2.97. The highest BCUT2D eigenvalue weighted by Gasteiger charge is 2.16. The first-order valence-electron chi connectivity index (χ1n) is 4.48. The predicted octanol–water partition coefficient (Wildman–Crippen LogP) is 2.66. The Morgan fingerprint density at radius 1 is 1.67 bits per heavy atom. The lowest BCUT2D eigenvalue weighted by Crippen LogP contribution is -1.97. The Kier molecular flexibility index (Phi) is 2.55. The van der Waals surface area contributed by atoms with Gasteiger partial charge in [-0.15, -0.1) is 11.3 Å². The Bertz CT molecular complexity index is 473. The number of carboxylic acid groups (broad SMARTS) is 1. The number of aromatic carboxylic acids is 1. The van der Waals surface area contributed by atoms with E-state index in [1.165, 1.54) is 11.3 Å². The maximum absolute atomic E-state index is 10.9. The number of aromatic nitrogens is 1. The molecule has 1 N–H and O–H groups in total. The van der Waals surface area contributed by atoms with Gasteiger partial charge in [-0.2, -0.15) is 0 Å². The van der Waals surface area contributed by atoms with Gasteiger partial charge in [-0.25, -0.2) is 9.78 Å². The van der Waals surface area contributed by atoms with E-state index in [-0.39, 0.29) is 0 Å². The summed E-state index contributed by atoms with van der Waals surface area (Å²) in [5, 5.41) is 9.65. The van der Waals surface area contributed by atoms with Crippen molar-refractivity contribution >= 4 is 17.3 Å². The number of hydrogen-bond acceptors (Lipinski definition) is 4. The molecule has 2 heterocycles. The Morgan fingerprint density at radius 2 is 2.47 bits per heavy atom. The summed E-state index contributed by atoms with van der Waals surface area (Å²) in [7, 11) is 0. The highest BCUT2D eigenvalue weighted by Crippen LogP contribution is 2.28. The summed E-state index contributed by atoms with van der Waals surface area (Å²) in [4.78, 5) is 15.5. The van der Waals surface area contributed by atoms with Crippen LogP contribution >= 0.6 is 11.3 Å². The molecule has 2 rings (SSSR count). The van der Waals surface area contributed by atoms with E-state index in [0.717, 1.165) is 5.56 Å². The number of nitrogens with zero attached hydrogens (tertiary/aromatic N) is 1. The van der Waals surface area contributed by atoms with Gasteiger partial charge in [0.15, 0.2) is 0 Å². The summed E-state index contributed by atoms with van der Waals surface area (Å²) < 4.78 is 4.93. The molecular weight excluding hydrogens is 214 g/mol. The van der Waals surface area contributed by atoms with Crippen molar-refractivity contribution in [3.63, 3.8) is 0 Å². The molecule has 15 heavy (non-hydrogen) atoms. The number of thiazole rings is 1. The zero-order valence-corrected chi connectivity index (χ0v) is 8.87. The smallest absolute Gasteiger partial charge is 0.347 e. The molecule has 78 valence electrons. The predicted molar refractivity (Wildman–Crippen MR) is 56.2 cm³/mol. The number of rotatable bonds is 3. The molecule has 0 radical (unpaired) electrons. The minimum absolute atomic E-state index is 0.314. The van der Waals surface area contributed by atoms with Crippen molar-refractivity contribution < 1.29 is 14.3 Å². The second-order valence-corrected chi connectivity index (χ2v) is 3.96. The van der Waals surface area contributed by atoms with Crippen LogP contribution < -0.4 is 0 Å². The van der Waals surface area contributed by atoms with Crippen LogP contribution in [0.4, 0.5) is 0 Å². The van der Waals surface area contributed by atoms with Gasteiger partial charge in [-0.05, 0) is 12.5 Å². The summed E-state index contributed by atoms with van der Waals surface area (Å²) in [6.07, 6.45) is 3.72. The molecule has 0 aliphatic carbocycles. The van der Waals surface area contributed by atoms with E-state index in [4.69, 9.17) is 9.52 Å². The van der Waals surface area contributed by atoms with Gasteiger partial charge in [0.1, 0.15) is 16.1 Å². The molecule has 0 bridgehead atoms. The Hall–Kier alpha value is -1.62. The molecule has 0 spiro atoms. The number of carboxylic acids is 1. The fraction of sp³-hybridized carbons (Fsp3) is 0.200. The minimum Gasteiger partial charge on any atom is -0.477 e. The molecule has 5 heteroatoms. The van der Waals surface area contributed by atoms with Crippen LogP contribution in [0.1, 0.15) is 22.3 Å². The van der Waals surface area contributed by atoms with Gasteiger partial charge in [-0.3, -0.25) is 0 Å². The quantitative estimate of drug-likeness (QED) is 0.868. The van der Waals surface area contributed by atoms with E-state index in [9.17, 15) is 4.79 Å². The summed E-state index contributed by atoms with van der Waals surface area (Å²) in [5.74, 6) is -0.918. The molecule has 0 atom stereocenters. The molecule has 0 saturated heterocycles. The van der Waals surface area contributed by atoms with Gasteiger partial charge in [0, 0.05) is 5.56 Å². The van der Waals surface area contributed by atoms with Gasteiger partial charge in [0.2, 0.25) is 0 Å². The highest BCUT2D eigenvalue weighted by atomic mass is 32.1. The summed E-state index contributed by atoms with van der Waals surface area (Å²) in [5.41, 5.74) is 1.45. The Balaban J connectivity index is 2.48. The molecule has 0 amide bonds. The zero-order chi connectivity index (χ0) is 10.8. The Labute approximate surface area is 90.2 Å². The van der Waals surface area contributed by atoms with Crippen molar-refractivity contribution in [2.24, 2.45) is 0 Å². The van der Waals surface area contributed by atoms with Crippen molar-refractivity contribution in [1.29, 1.82) is 0 Å². The second kappa shape index (κ2) is 3.86. The van der Waals surface area contributed by atoms with E-state index in [1.807, 2.05) is 6.92 Å². The normalized spacial score (nSPS) is 10.5. The summed E-state index contributed by atoms with van der Waals surface area (Å²) in [6.45, 7) is 1.89. The molecule has 0 aliphatic rings. The number of carbonyl (C=O) groups is 1. The first kappa shape index (κ1) is 9.92. The molecule has 0 unspecified atom stereocenters. The topological polar surface area (TPSA) is 63.3 Å². The van der Waals surface area contributed by atoms with Crippen LogP contribution in [-0.4, -0.2) is 16.1 Å². The fourth-order valence-electron chi connectivity index (χ4n) is 1.27. The van der Waals surface area contributed by atoms with Crippen molar-refractivity contribution in [3.8, 4) is 10.6 Å². The molecule has 4 nitrogen and oxygen atoms in total. The van der Waals surface area contributed by atoms with Crippen molar-refractivity contribution in [1.82, 2.24) is 4.98 Å². The van der Waals surface area contributed by atoms with Gasteiger partial charge in [-0.1, -0.05) is 6.92 Å². The lowest BCUT2D eigenvalue weighted by Gasteiger charge is -1.89. The lowest BCUT2D eigenvalue weighted by molar-refractivity contribution is 0.0701. The van der Waals surface area contributed by atoms with Gasteiger partial charge < -0.3 is 9.52 Å². The fourth-order valence-corrected chi connectivity index (χ4v) is 2.25. The SMILES string of the molecule is CCc1nc(-c2ccoc2)sc1C(=O)O. The van der Waals surface area contributed by atoms with Crippen molar-refractivity contribution in [2.45, 2.75) is 13.3 Å². The largest absolute Gasteiger partial charge is 0.477 e. The highest BCUT2D eigenvalue weighted by molar-refractivity contribution is 7.17. The van der Waals surface area contributed by atoms with Crippen LogP contribution in [0.15, 0.2) is 23.0 Å². The van der Waals surface area contributed by atoms with Gasteiger partial charge >= 0.3 is 5.97 Å². The molecule has 0 aliphatic heterocycles. The maximum atomic E-state index is 10.9. The molecular formula is C10H9NO3S. The number of furan rings is 1.